The molecule has 0 aliphatic carbocycles. The van der Waals surface area contributed by atoms with E-state index in [0.29, 0.717) is 18.5 Å². The molecule has 6 nitrogen and oxygen atoms in total. The molecule has 0 aliphatic rings. The highest BCUT2D eigenvalue weighted by Crippen LogP contribution is 2.19. The molecule has 0 radical (unpaired) electrons. The zero-order valence-corrected chi connectivity index (χ0v) is 16.9. The van der Waals surface area contributed by atoms with Gasteiger partial charge in [0.05, 0.1) is 35.0 Å². The SMILES string of the molecule is CCc1c(C(=O)N(C)Cc2cnn(-c3ccccc3)c2)cnn1-c1ccc(F)cc1. The van der Waals surface area contributed by atoms with Gasteiger partial charge in [-0.05, 0) is 42.8 Å². The first-order valence-corrected chi connectivity index (χ1v) is 9.74. The van der Waals surface area contributed by atoms with Crippen LogP contribution in [0.5, 0.6) is 0 Å². The van der Waals surface area contributed by atoms with Gasteiger partial charge in [0.1, 0.15) is 5.82 Å². The van der Waals surface area contributed by atoms with Crippen molar-refractivity contribution in [2.24, 2.45) is 0 Å². The Hall–Kier alpha value is -3.74. The predicted molar refractivity (Wildman–Crippen MR) is 112 cm³/mol. The molecule has 4 rings (SSSR count). The molecular weight excluding hydrogens is 381 g/mol. The summed E-state index contributed by atoms with van der Waals surface area (Å²) in [5.74, 6) is -0.427. The molecular formula is C23H22FN5O. The molecule has 0 bridgehead atoms. The highest BCUT2D eigenvalue weighted by atomic mass is 19.1. The number of hydrogen-bond acceptors (Lipinski definition) is 3. The van der Waals surface area contributed by atoms with Crippen molar-refractivity contribution >= 4 is 5.91 Å². The summed E-state index contributed by atoms with van der Waals surface area (Å²) < 4.78 is 16.7. The fourth-order valence-corrected chi connectivity index (χ4v) is 3.41. The van der Waals surface area contributed by atoms with E-state index in [2.05, 4.69) is 10.2 Å². The normalized spacial score (nSPS) is 10.9. The Morgan fingerprint density at radius 3 is 2.43 bits per heavy atom. The quantitative estimate of drug-likeness (QED) is 0.488. The second-order valence-corrected chi connectivity index (χ2v) is 7.04. The third kappa shape index (κ3) is 3.87. The number of aromatic nitrogens is 4. The van der Waals surface area contributed by atoms with Crippen LogP contribution in [0.1, 0.15) is 28.5 Å². The molecule has 0 unspecified atom stereocenters. The van der Waals surface area contributed by atoms with Crippen LogP contribution in [0.25, 0.3) is 11.4 Å². The van der Waals surface area contributed by atoms with Gasteiger partial charge in [-0.2, -0.15) is 10.2 Å². The topological polar surface area (TPSA) is 56.0 Å². The predicted octanol–water partition coefficient (Wildman–Crippen LogP) is 4.03. The van der Waals surface area contributed by atoms with Crippen molar-refractivity contribution in [1.29, 1.82) is 0 Å². The van der Waals surface area contributed by atoms with Gasteiger partial charge in [-0.15, -0.1) is 0 Å². The highest BCUT2D eigenvalue weighted by molar-refractivity contribution is 5.95. The van der Waals surface area contributed by atoms with Gasteiger partial charge in [0.25, 0.3) is 5.91 Å². The van der Waals surface area contributed by atoms with Crippen molar-refractivity contribution in [3.05, 3.63) is 95.8 Å². The smallest absolute Gasteiger partial charge is 0.257 e. The lowest BCUT2D eigenvalue weighted by Crippen LogP contribution is -2.26. The minimum atomic E-state index is -0.309. The monoisotopic (exact) mass is 403 g/mol. The molecule has 0 fully saturated rings. The van der Waals surface area contributed by atoms with Gasteiger partial charge in [0, 0.05) is 25.4 Å². The van der Waals surface area contributed by atoms with Gasteiger partial charge in [0.2, 0.25) is 0 Å². The van der Waals surface area contributed by atoms with Crippen LogP contribution in [-0.4, -0.2) is 37.4 Å². The minimum Gasteiger partial charge on any atom is -0.337 e. The molecule has 30 heavy (non-hydrogen) atoms. The van der Waals surface area contributed by atoms with E-state index in [4.69, 9.17) is 0 Å². The average Bonchev–Trinajstić information content (AvgIpc) is 3.41. The number of rotatable bonds is 6. The molecule has 4 aromatic rings. The number of halogens is 1. The largest absolute Gasteiger partial charge is 0.337 e. The van der Waals surface area contributed by atoms with E-state index in [-0.39, 0.29) is 11.7 Å². The van der Waals surface area contributed by atoms with E-state index < -0.39 is 0 Å². The standard InChI is InChI=1S/C23H22FN5O/c1-3-22-21(14-26-29(22)20-11-9-18(24)10-12-20)23(30)27(2)15-17-13-25-28(16-17)19-7-5-4-6-8-19/h4-14,16H,3,15H2,1-2H3. The number of hydrogen-bond donors (Lipinski definition) is 0. The third-order valence-electron chi connectivity index (χ3n) is 4.93. The van der Waals surface area contributed by atoms with E-state index >= 15 is 0 Å². The lowest BCUT2D eigenvalue weighted by atomic mass is 10.1. The maximum atomic E-state index is 13.2. The Kier molecular flexibility index (Phi) is 5.43. The van der Waals surface area contributed by atoms with E-state index in [0.717, 1.165) is 22.6 Å². The van der Waals surface area contributed by atoms with Crippen molar-refractivity contribution in [3.8, 4) is 11.4 Å². The molecule has 0 N–H and O–H groups in total. The first-order valence-electron chi connectivity index (χ1n) is 9.74. The summed E-state index contributed by atoms with van der Waals surface area (Å²) in [6.45, 7) is 2.40. The molecule has 0 aliphatic heterocycles. The summed E-state index contributed by atoms with van der Waals surface area (Å²) in [7, 11) is 1.76. The van der Waals surface area contributed by atoms with Crippen molar-refractivity contribution in [1.82, 2.24) is 24.5 Å². The van der Waals surface area contributed by atoms with Crippen LogP contribution >= 0.6 is 0 Å². The zero-order chi connectivity index (χ0) is 21.1. The molecule has 7 heteroatoms. The lowest BCUT2D eigenvalue weighted by Gasteiger charge is -2.16. The van der Waals surface area contributed by atoms with Gasteiger partial charge in [-0.3, -0.25) is 4.79 Å². The van der Waals surface area contributed by atoms with Crippen LogP contribution in [0, 0.1) is 5.82 Å². The van der Waals surface area contributed by atoms with Crippen LogP contribution in [0.3, 0.4) is 0 Å². The number of carbonyl (C=O) groups is 1. The number of amides is 1. The third-order valence-corrected chi connectivity index (χ3v) is 4.93. The lowest BCUT2D eigenvalue weighted by molar-refractivity contribution is 0.0784. The van der Waals surface area contributed by atoms with Crippen LogP contribution in [0.15, 0.2) is 73.2 Å². The Labute approximate surface area is 174 Å². The minimum absolute atomic E-state index is 0.118. The fourth-order valence-electron chi connectivity index (χ4n) is 3.41. The zero-order valence-electron chi connectivity index (χ0n) is 16.9. The average molecular weight is 403 g/mol. The van der Waals surface area contributed by atoms with Crippen molar-refractivity contribution in [2.45, 2.75) is 19.9 Å². The molecule has 2 aromatic heterocycles. The summed E-state index contributed by atoms with van der Waals surface area (Å²) in [6, 6.07) is 15.9. The summed E-state index contributed by atoms with van der Waals surface area (Å²) in [5, 5.41) is 8.76. The second-order valence-electron chi connectivity index (χ2n) is 7.04. The summed E-state index contributed by atoms with van der Waals surface area (Å²) >= 11 is 0. The first-order chi connectivity index (χ1) is 14.6. The maximum Gasteiger partial charge on any atom is 0.257 e. The first kappa shape index (κ1) is 19.6. The Balaban J connectivity index is 1.53. The van der Waals surface area contributed by atoms with Gasteiger partial charge in [-0.1, -0.05) is 25.1 Å². The van der Waals surface area contributed by atoms with Gasteiger partial charge >= 0.3 is 0 Å². The van der Waals surface area contributed by atoms with E-state index in [1.165, 1.54) is 12.1 Å². The number of carbonyl (C=O) groups excluding carboxylic acids is 1. The molecule has 152 valence electrons. The summed E-state index contributed by atoms with van der Waals surface area (Å²) in [5.41, 5.74) is 3.95. The number of nitrogens with zero attached hydrogens (tertiary/aromatic N) is 5. The van der Waals surface area contributed by atoms with Crippen molar-refractivity contribution in [3.63, 3.8) is 0 Å². The Morgan fingerprint density at radius 1 is 1.00 bits per heavy atom. The van der Waals surface area contributed by atoms with E-state index in [9.17, 15) is 9.18 Å². The van der Waals surface area contributed by atoms with Crippen molar-refractivity contribution in [2.75, 3.05) is 7.05 Å². The molecule has 2 aromatic carbocycles. The molecule has 0 saturated heterocycles. The van der Waals surface area contributed by atoms with Crippen LogP contribution in [0.4, 0.5) is 4.39 Å². The highest BCUT2D eigenvalue weighted by Gasteiger charge is 2.21. The molecule has 1 amide bonds. The van der Waals surface area contributed by atoms with Gasteiger partial charge in [-0.25, -0.2) is 13.8 Å². The van der Waals surface area contributed by atoms with E-state index in [1.807, 2.05) is 43.5 Å². The maximum absolute atomic E-state index is 13.2. The number of para-hydroxylation sites is 1. The van der Waals surface area contributed by atoms with Gasteiger partial charge < -0.3 is 4.90 Å². The molecule has 2 heterocycles. The summed E-state index contributed by atoms with van der Waals surface area (Å²) in [4.78, 5) is 14.7. The second kappa shape index (κ2) is 8.32. The molecule has 0 atom stereocenters. The number of benzene rings is 2. The molecule has 0 saturated carbocycles. The summed E-state index contributed by atoms with van der Waals surface area (Å²) in [6.07, 6.45) is 5.88. The van der Waals surface area contributed by atoms with Crippen LogP contribution in [0.2, 0.25) is 0 Å². The van der Waals surface area contributed by atoms with Gasteiger partial charge in [0.15, 0.2) is 0 Å². The van der Waals surface area contributed by atoms with Crippen molar-refractivity contribution < 1.29 is 9.18 Å². The fraction of sp³-hybridized carbons (Fsp3) is 0.174. The van der Waals surface area contributed by atoms with Crippen LogP contribution < -0.4 is 0 Å². The Bertz CT molecular complexity index is 1150. The molecule has 0 spiro atoms. The van der Waals surface area contributed by atoms with Crippen LogP contribution in [-0.2, 0) is 13.0 Å². The van der Waals surface area contributed by atoms with E-state index in [1.54, 1.807) is 45.8 Å². The Morgan fingerprint density at radius 2 is 1.73 bits per heavy atom.